The van der Waals surface area contributed by atoms with Crippen molar-refractivity contribution < 1.29 is 8.96 Å². The zero-order chi connectivity index (χ0) is 22.3. The molecule has 2 atom stereocenters. The minimum absolute atomic E-state index is 0.0201. The smallest absolute Gasteiger partial charge is 0.150 e. The second-order valence-electron chi connectivity index (χ2n) is 6.66. The molecule has 0 bridgehead atoms. The average molecular weight is 502 g/mol. The van der Waals surface area contributed by atoms with E-state index in [0.717, 1.165) is 0 Å². The van der Waals surface area contributed by atoms with Crippen LogP contribution in [0.5, 0.6) is 0 Å². The van der Waals surface area contributed by atoms with Crippen molar-refractivity contribution in [3.8, 4) is 11.8 Å². The molecule has 6 nitrogen and oxygen atoms in total. The third-order valence-electron chi connectivity index (χ3n) is 5.01. The summed E-state index contributed by atoms with van der Waals surface area (Å²) >= 11 is 24.6. The van der Waals surface area contributed by atoms with E-state index in [9.17, 15) is 14.2 Å². The summed E-state index contributed by atoms with van der Waals surface area (Å²) in [7, 11) is 0. The molecule has 2 heterocycles. The molecule has 0 radical (unpaired) electrons. The van der Waals surface area contributed by atoms with Crippen LogP contribution in [0.3, 0.4) is 0 Å². The summed E-state index contributed by atoms with van der Waals surface area (Å²) in [5, 5.41) is 11.4. The summed E-state index contributed by atoms with van der Waals surface area (Å²) in [6.07, 6.45) is 2.77. The molecule has 0 fully saturated rings. The van der Waals surface area contributed by atoms with Gasteiger partial charge in [0.05, 0.1) is 38.6 Å². The Kier molecular flexibility index (Phi) is 5.90. The van der Waals surface area contributed by atoms with Crippen LogP contribution in [0.4, 0.5) is 8.96 Å². The van der Waals surface area contributed by atoms with Gasteiger partial charge in [0.25, 0.3) is 0 Å². The summed E-state index contributed by atoms with van der Waals surface area (Å²) in [4.78, 5) is 8.14. The summed E-state index contributed by atoms with van der Waals surface area (Å²) < 4.78 is 30.0. The van der Waals surface area contributed by atoms with E-state index in [4.69, 9.17) is 46.4 Å². The number of hydrogen-bond acceptors (Lipinski definition) is 5. The second kappa shape index (κ2) is 8.34. The molecule has 0 saturated carbocycles. The van der Waals surface area contributed by atoms with E-state index in [2.05, 4.69) is 21.1 Å². The maximum Gasteiger partial charge on any atom is 0.150 e. The third-order valence-corrected chi connectivity index (χ3v) is 6.78. The second-order valence-corrected chi connectivity index (χ2v) is 8.29. The van der Waals surface area contributed by atoms with Crippen molar-refractivity contribution in [2.45, 2.75) is 10.9 Å². The van der Waals surface area contributed by atoms with Crippen LogP contribution in [0.25, 0.3) is 5.69 Å². The van der Waals surface area contributed by atoms with Crippen LogP contribution < -0.4 is 0 Å². The zero-order valence-corrected chi connectivity index (χ0v) is 18.3. The van der Waals surface area contributed by atoms with Gasteiger partial charge in [-0.15, -0.1) is 20.6 Å². The molecule has 1 aromatic heterocycles. The Morgan fingerprint density at radius 1 is 1.16 bits per heavy atom. The summed E-state index contributed by atoms with van der Waals surface area (Å²) in [6.45, 7) is -0.357. The highest BCUT2D eigenvalue weighted by molar-refractivity contribution is 6.48. The van der Waals surface area contributed by atoms with Gasteiger partial charge in [-0.25, -0.2) is 9.67 Å². The third kappa shape index (κ3) is 3.56. The van der Waals surface area contributed by atoms with Crippen molar-refractivity contribution in [2.75, 3.05) is 6.54 Å². The zero-order valence-electron chi connectivity index (χ0n) is 15.3. The fourth-order valence-corrected chi connectivity index (χ4v) is 4.49. The van der Waals surface area contributed by atoms with E-state index in [1.807, 2.05) is 0 Å². The van der Waals surface area contributed by atoms with Crippen LogP contribution >= 0.6 is 46.4 Å². The molecule has 0 spiro atoms. The number of halogens is 6. The molecule has 1 aliphatic heterocycles. The van der Waals surface area contributed by atoms with Crippen LogP contribution in [0.15, 0.2) is 48.0 Å². The average Bonchev–Trinajstić information content (AvgIpc) is 3.40. The van der Waals surface area contributed by atoms with Crippen LogP contribution in [-0.2, 0) is 5.54 Å². The van der Waals surface area contributed by atoms with Gasteiger partial charge in [-0.2, -0.15) is 10.4 Å². The number of aromatic nitrogens is 3. The van der Waals surface area contributed by atoms with Crippen LogP contribution in [0.2, 0.25) is 15.1 Å². The molecular weight excluding hydrogens is 492 g/mol. The predicted octanol–water partition coefficient (Wildman–Crippen LogP) is 5.48. The Hall–Kier alpha value is -2.28. The molecule has 31 heavy (non-hydrogen) atoms. The lowest BCUT2D eigenvalue weighted by Gasteiger charge is -2.32. The maximum absolute atomic E-state index is 14.3. The molecule has 3 aromatic rings. The number of benzene rings is 2. The Morgan fingerprint density at radius 3 is 2.45 bits per heavy atom. The van der Waals surface area contributed by atoms with Crippen molar-refractivity contribution >= 4 is 52.1 Å². The monoisotopic (exact) mass is 500 g/mol. The van der Waals surface area contributed by atoms with Crippen molar-refractivity contribution in [1.82, 2.24) is 20.1 Å². The first-order valence-corrected chi connectivity index (χ1v) is 10.2. The molecule has 4 rings (SSSR count). The molecule has 0 saturated heterocycles. The normalized spacial score (nSPS) is 20.7. The highest BCUT2D eigenvalue weighted by Crippen LogP contribution is 2.45. The molecule has 0 aliphatic carbocycles. The fraction of sp³-hybridized carbons (Fsp3) is 0.158. The first-order chi connectivity index (χ1) is 14.8. The summed E-state index contributed by atoms with van der Waals surface area (Å²) in [6, 6.07) is 9.42. The Bertz CT molecular complexity index is 1200. The standard InChI is InChI=1S/C19H10Cl4F2N6/c20-13-4-12(5-14(21)16(13)22)19(31(24)25)7-28-17(18(19)23)10-1-2-15(11(3-10)6-26)30-9-27-8-29-30/h1-5,8-9,18H,7H2. The molecule has 0 N–H and O–H groups in total. The van der Waals surface area contributed by atoms with Gasteiger partial charge in [-0.1, -0.05) is 40.9 Å². The number of rotatable bonds is 4. The van der Waals surface area contributed by atoms with Gasteiger partial charge >= 0.3 is 0 Å². The largest absolute Gasteiger partial charge is 0.285 e. The molecule has 1 aliphatic rings. The van der Waals surface area contributed by atoms with Gasteiger partial charge < -0.3 is 0 Å². The number of aliphatic imine (C=N–C) groups is 1. The van der Waals surface area contributed by atoms with Gasteiger partial charge in [0.15, 0.2) is 5.54 Å². The number of nitrogens with zero attached hydrogens (tertiary/aromatic N) is 6. The Morgan fingerprint density at radius 2 is 1.87 bits per heavy atom. The van der Waals surface area contributed by atoms with Crippen molar-refractivity contribution in [2.24, 2.45) is 4.99 Å². The Labute approximate surface area is 195 Å². The fourth-order valence-electron chi connectivity index (χ4n) is 3.43. The maximum atomic E-state index is 14.3. The van der Waals surface area contributed by atoms with E-state index in [-0.39, 0.29) is 38.5 Å². The molecular formula is C19H10Cl4F2N6. The Balaban J connectivity index is 1.77. The van der Waals surface area contributed by atoms with Crippen molar-refractivity contribution in [1.29, 1.82) is 5.26 Å². The van der Waals surface area contributed by atoms with Gasteiger partial charge in [0, 0.05) is 5.34 Å². The molecule has 2 aromatic carbocycles. The van der Waals surface area contributed by atoms with Crippen LogP contribution in [0.1, 0.15) is 16.7 Å². The van der Waals surface area contributed by atoms with E-state index >= 15 is 0 Å². The summed E-state index contributed by atoms with van der Waals surface area (Å²) in [5.74, 6) is 0. The topological polar surface area (TPSA) is 70.1 Å². The lowest BCUT2D eigenvalue weighted by atomic mass is 9.85. The van der Waals surface area contributed by atoms with E-state index in [1.54, 1.807) is 12.1 Å². The highest BCUT2D eigenvalue weighted by atomic mass is 35.5. The quantitative estimate of drug-likeness (QED) is 0.270. The van der Waals surface area contributed by atoms with Crippen LogP contribution in [0, 0.1) is 11.3 Å². The van der Waals surface area contributed by atoms with Gasteiger partial charge in [0.2, 0.25) is 0 Å². The lowest BCUT2D eigenvalue weighted by Crippen LogP contribution is -2.47. The first-order valence-electron chi connectivity index (χ1n) is 8.64. The molecule has 0 amide bonds. The van der Waals surface area contributed by atoms with Crippen LogP contribution in [-0.4, -0.2) is 37.7 Å². The van der Waals surface area contributed by atoms with Gasteiger partial charge in [-0.05, 0) is 35.4 Å². The van der Waals surface area contributed by atoms with Crippen molar-refractivity contribution in [3.63, 3.8) is 0 Å². The van der Waals surface area contributed by atoms with E-state index < -0.39 is 16.3 Å². The first kappa shape index (κ1) is 21.9. The van der Waals surface area contributed by atoms with Gasteiger partial charge in [-0.3, -0.25) is 4.99 Å². The SMILES string of the molecule is N#Cc1cc(C2=NCC(c3cc(Cl)c(Cl)c(Cl)c3)(N(F)F)C2Cl)ccc1-n1cncn1. The lowest BCUT2D eigenvalue weighted by molar-refractivity contribution is -0.228. The van der Waals surface area contributed by atoms with Gasteiger partial charge in [0.1, 0.15) is 24.1 Å². The molecule has 2 unspecified atom stereocenters. The predicted molar refractivity (Wildman–Crippen MR) is 114 cm³/mol. The number of alkyl halides is 1. The van der Waals surface area contributed by atoms with E-state index in [0.29, 0.717) is 11.3 Å². The summed E-state index contributed by atoms with van der Waals surface area (Å²) in [5.41, 5.74) is -0.598. The molecule has 158 valence electrons. The molecule has 12 heteroatoms. The highest BCUT2D eigenvalue weighted by Gasteiger charge is 2.53. The minimum Gasteiger partial charge on any atom is -0.285 e. The number of nitriles is 1. The van der Waals surface area contributed by atoms with Crippen molar-refractivity contribution in [3.05, 3.63) is 74.7 Å². The minimum atomic E-state index is -2.02. The van der Waals surface area contributed by atoms with E-state index in [1.165, 1.54) is 35.5 Å². The number of hydrogen-bond donors (Lipinski definition) is 0.